The number of methoxy groups -OCH3 is 3. The number of ether oxygens (including phenoxy) is 3. The summed E-state index contributed by atoms with van der Waals surface area (Å²) >= 11 is 0. The second-order valence-corrected chi connectivity index (χ2v) is 6.68. The van der Waals surface area contributed by atoms with Crippen molar-refractivity contribution in [3.05, 3.63) is 64.8 Å². The molecule has 0 spiro atoms. The van der Waals surface area contributed by atoms with Gasteiger partial charge in [-0.15, -0.1) is 0 Å². The molecule has 1 N–H and O–H groups in total. The van der Waals surface area contributed by atoms with Gasteiger partial charge in [-0.1, -0.05) is 12.1 Å². The molecule has 0 aliphatic heterocycles. The second-order valence-electron chi connectivity index (χ2n) is 6.68. The molecule has 4 rings (SSSR count). The smallest absolute Gasteiger partial charge is 0.164 e. The number of hydrogen-bond donors (Lipinski definition) is 1. The number of benzene rings is 2. The van der Waals surface area contributed by atoms with Gasteiger partial charge in [0.15, 0.2) is 17.3 Å². The van der Waals surface area contributed by atoms with E-state index in [0.29, 0.717) is 29.3 Å². The molecule has 1 aliphatic carbocycles. The van der Waals surface area contributed by atoms with Gasteiger partial charge in [-0.2, -0.15) is 10.4 Å². The normalized spacial score (nSPS) is 11.5. The minimum atomic E-state index is 0.401. The molecule has 1 heterocycles. The molecule has 0 saturated heterocycles. The van der Waals surface area contributed by atoms with E-state index in [-0.39, 0.29) is 0 Å². The first-order valence-corrected chi connectivity index (χ1v) is 9.28. The van der Waals surface area contributed by atoms with E-state index in [9.17, 15) is 5.26 Å². The van der Waals surface area contributed by atoms with Gasteiger partial charge >= 0.3 is 0 Å². The number of anilines is 1. The molecule has 1 aromatic heterocycles. The van der Waals surface area contributed by atoms with Gasteiger partial charge in [0.05, 0.1) is 27.5 Å². The molecular formula is C23H20N4O3. The SMILES string of the molecule is COc1cccc(/C=N\Nc2ncc3c(c2C#N)-c2cc(OC)c(OC)cc2C3)c1. The van der Waals surface area contributed by atoms with Gasteiger partial charge in [0.25, 0.3) is 0 Å². The van der Waals surface area contributed by atoms with Crippen molar-refractivity contribution in [3.63, 3.8) is 0 Å². The van der Waals surface area contributed by atoms with Crippen molar-refractivity contribution in [3.8, 4) is 34.4 Å². The Labute approximate surface area is 174 Å². The van der Waals surface area contributed by atoms with Crippen molar-refractivity contribution in [2.75, 3.05) is 26.8 Å². The van der Waals surface area contributed by atoms with E-state index in [1.807, 2.05) is 36.4 Å². The van der Waals surface area contributed by atoms with Crippen molar-refractivity contribution >= 4 is 12.0 Å². The zero-order chi connectivity index (χ0) is 21.1. The topological polar surface area (TPSA) is 88.8 Å². The highest BCUT2D eigenvalue weighted by Gasteiger charge is 2.26. The van der Waals surface area contributed by atoms with Crippen LogP contribution in [0.4, 0.5) is 5.82 Å². The maximum Gasteiger partial charge on any atom is 0.164 e. The summed E-state index contributed by atoms with van der Waals surface area (Å²) < 4.78 is 16.1. The molecule has 7 heteroatoms. The Hall–Kier alpha value is -4.05. The van der Waals surface area contributed by atoms with Crippen molar-refractivity contribution in [1.29, 1.82) is 5.26 Å². The highest BCUT2D eigenvalue weighted by molar-refractivity contribution is 5.87. The zero-order valence-electron chi connectivity index (χ0n) is 16.9. The van der Waals surface area contributed by atoms with E-state index in [1.54, 1.807) is 33.7 Å². The van der Waals surface area contributed by atoms with Crippen LogP contribution in [-0.4, -0.2) is 32.5 Å². The van der Waals surface area contributed by atoms with Crippen LogP contribution in [0.1, 0.15) is 22.3 Å². The molecule has 1 aliphatic rings. The van der Waals surface area contributed by atoms with Crippen molar-refractivity contribution in [2.24, 2.45) is 5.10 Å². The predicted octanol–water partition coefficient (Wildman–Crippen LogP) is 4.00. The van der Waals surface area contributed by atoms with Crippen LogP contribution in [0.3, 0.4) is 0 Å². The average molecular weight is 400 g/mol. The number of fused-ring (bicyclic) bond motifs is 3. The van der Waals surface area contributed by atoms with Gasteiger partial charge in [0, 0.05) is 18.2 Å². The molecule has 0 atom stereocenters. The Morgan fingerprint density at radius 2 is 1.87 bits per heavy atom. The fourth-order valence-corrected chi connectivity index (χ4v) is 3.58. The average Bonchev–Trinajstić information content (AvgIpc) is 3.15. The van der Waals surface area contributed by atoms with Crippen LogP contribution in [0, 0.1) is 11.3 Å². The van der Waals surface area contributed by atoms with Crippen LogP contribution in [0.5, 0.6) is 17.2 Å². The zero-order valence-corrected chi connectivity index (χ0v) is 16.9. The van der Waals surface area contributed by atoms with Crippen LogP contribution in [0.15, 0.2) is 47.7 Å². The number of nitrogens with zero attached hydrogens (tertiary/aromatic N) is 3. The Bertz CT molecular complexity index is 1180. The number of pyridine rings is 1. The number of hydrazone groups is 1. The Balaban J connectivity index is 1.69. The Morgan fingerprint density at radius 3 is 2.60 bits per heavy atom. The number of aromatic nitrogens is 1. The lowest BCUT2D eigenvalue weighted by atomic mass is 10.0. The molecule has 30 heavy (non-hydrogen) atoms. The third-order valence-electron chi connectivity index (χ3n) is 5.01. The Morgan fingerprint density at radius 1 is 1.07 bits per heavy atom. The molecule has 0 bridgehead atoms. The largest absolute Gasteiger partial charge is 0.497 e. The fourth-order valence-electron chi connectivity index (χ4n) is 3.58. The molecule has 7 nitrogen and oxygen atoms in total. The Kier molecular flexibility index (Phi) is 5.22. The highest BCUT2D eigenvalue weighted by Crippen LogP contribution is 2.45. The third-order valence-corrected chi connectivity index (χ3v) is 5.01. The lowest BCUT2D eigenvalue weighted by Gasteiger charge is -2.11. The molecule has 3 aromatic rings. The van der Waals surface area contributed by atoms with Crippen molar-refractivity contribution in [2.45, 2.75) is 6.42 Å². The van der Waals surface area contributed by atoms with Gasteiger partial charge in [-0.25, -0.2) is 4.98 Å². The summed E-state index contributed by atoms with van der Waals surface area (Å²) in [7, 11) is 4.82. The van der Waals surface area contributed by atoms with Gasteiger partial charge < -0.3 is 14.2 Å². The summed E-state index contributed by atoms with van der Waals surface area (Å²) in [6.45, 7) is 0. The maximum atomic E-state index is 9.87. The number of hydrogen-bond acceptors (Lipinski definition) is 7. The van der Waals surface area contributed by atoms with Gasteiger partial charge in [-0.3, -0.25) is 5.43 Å². The summed E-state index contributed by atoms with van der Waals surface area (Å²) in [5.74, 6) is 2.43. The van der Waals surface area contributed by atoms with Gasteiger partial charge in [0.2, 0.25) is 0 Å². The van der Waals surface area contributed by atoms with E-state index in [0.717, 1.165) is 33.6 Å². The fraction of sp³-hybridized carbons (Fsp3) is 0.174. The summed E-state index contributed by atoms with van der Waals surface area (Å²) in [4.78, 5) is 4.42. The minimum absolute atomic E-state index is 0.401. The third kappa shape index (κ3) is 3.40. The lowest BCUT2D eigenvalue weighted by molar-refractivity contribution is 0.355. The van der Waals surface area contributed by atoms with E-state index in [4.69, 9.17) is 14.2 Å². The number of nitrogens with one attached hydrogen (secondary N) is 1. The van der Waals surface area contributed by atoms with Crippen LogP contribution in [-0.2, 0) is 6.42 Å². The van der Waals surface area contributed by atoms with Crippen LogP contribution in [0.2, 0.25) is 0 Å². The predicted molar refractivity (Wildman–Crippen MR) is 115 cm³/mol. The van der Waals surface area contributed by atoms with Gasteiger partial charge in [-0.05, 0) is 46.5 Å². The second kappa shape index (κ2) is 8.13. The monoisotopic (exact) mass is 400 g/mol. The van der Waals surface area contributed by atoms with E-state index in [2.05, 4.69) is 21.6 Å². The minimum Gasteiger partial charge on any atom is -0.497 e. The standard InChI is InChI=1S/C23H20N4O3/c1-28-17-6-4-5-14(7-17)12-26-27-23-19(11-24)22-16(13-25-23)8-15-9-20(29-2)21(30-3)10-18(15)22/h4-7,9-10,12-13H,8H2,1-3H3,(H,25,27)/b26-12-. The first-order valence-electron chi connectivity index (χ1n) is 9.28. The molecule has 0 amide bonds. The maximum absolute atomic E-state index is 9.87. The molecule has 0 fully saturated rings. The van der Waals surface area contributed by atoms with E-state index in [1.165, 1.54) is 0 Å². The molecule has 0 saturated carbocycles. The van der Waals surface area contributed by atoms with Crippen LogP contribution in [0.25, 0.3) is 11.1 Å². The van der Waals surface area contributed by atoms with Crippen LogP contribution >= 0.6 is 0 Å². The summed E-state index contributed by atoms with van der Waals surface area (Å²) in [6, 6.07) is 13.6. The first-order chi connectivity index (χ1) is 14.7. The highest BCUT2D eigenvalue weighted by atomic mass is 16.5. The summed E-state index contributed by atoms with van der Waals surface area (Å²) in [6.07, 6.45) is 4.11. The summed E-state index contributed by atoms with van der Waals surface area (Å²) in [5, 5.41) is 14.1. The van der Waals surface area contributed by atoms with Crippen molar-refractivity contribution in [1.82, 2.24) is 4.98 Å². The van der Waals surface area contributed by atoms with Crippen molar-refractivity contribution < 1.29 is 14.2 Å². The first kappa shape index (κ1) is 19.3. The lowest BCUT2D eigenvalue weighted by Crippen LogP contribution is -2.00. The van der Waals surface area contributed by atoms with E-state index < -0.39 is 0 Å². The van der Waals surface area contributed by atoms with Gasteiger partial charge in [0.1, 0.15) is 17.4 Å². The molecule has 150 valence electrons. The molecule has 0 unspecified atom stereocenters. The van der Waals surface area contributed by atoms with Crippen LogP contribution < -0.4 is 19.6 Å². The number of rotatable bonds is 6. The molecular weight excluding hydrogens is 380 g/mol. The quantitative estimate of drug-likeness (QED) is 0.389. The number of nitriles is 1. The molecule has 2 aromatic carbocycles. The molecule has 0 radical (unpaired) electrons. The summed E-state index contributed by atoms with van der Waals surface area (Å²) in [5.41, 5.74) is 8.06. The van der Waals surface area contributed by atoms with E-state index >= 15 is 0 Å².